The van der Waals surface area contributed by atoms with Crippen molar-refractivity contribution in [1.82, 2.24) is 4.98 Å². The largest absolute Gasteiger partial charge is 0.433 e. The molecule has 0 atom stereocenters. The molecule has 0 saturated heterocycles. The number of nitrogens with one attached hydrogen (secondary N) is 1. The van der Waals surface area contributed by atoms with Gasteiger partial charge in [-0.15, -0.1) is 0 Å². The van der Waals surface area contributed by atoms with E-state index in [9.17, 15) is 8.96 Å². The summed E-state index contributed by atoms with van der Waals surface area (Å²) < 4.78 is 25.9. The van der Waals surface area contributed by atoms with Crippen molar-refractivity contribution in [3.05, 3.63) is 36.2 Å². The highest BCUT2D eigenvalue weighted by atomic mass is 19.4. The minimum atomic E-state index is -3.02. The van der Waals surface area contributed by atoms with E-state index in [0.29, 0.717) is 16.7 Å². The molecule has 1 aliphatic heterocycles. The standard InChI is InChI=1S/C11H6F2N3O2/c12-16(13)17-10-3-1-2-8(11(10)18-16)9-6-15-5-7(9)4-14/h1-3,5-6,15H/q+1. The number of hydrogen-bond acceptors (Lipinski definition) is 3. The first kappa shape index (κ1) is 10.6. The molecule has 7 heteroatoms. The highest BCUT2D eigenvalue weighted by Gasteiger charge is 2.49. The zero-order valence-corrected chi connectivity index (χ0v) is 8.85. The number of nitrogens with zero attached hydrogens (tertiary/aromatic N) is 2. The van der Waals surface area contributed by atoms with E-state index in [-0.39, 0.29) is 11.5 Å². The van der Waals surface area contributed by atoms with E-state index >= 15 is 0 Å². The van der Waals surface area contributed by atoms with Crippen LogP contribution in [0.25, 0.3) is 11.1 Å². The molecule has 2 aromatic rings. The van der Waals surface area contributed by atoms with Crippen LogP contribution >= 0.6 is 0 Å². The molecule has 0 radical (unpaired) electrons. The van der Waals surface area contributed by atoms with Crippen molar-refractivity contribution in [2.75, 3.05) is 0 Å². The number of benzene rings is 1. The fraction of sp³-hybridized carbons (Fsp3) is 0. The minimum Gasteiger partial charge on any atom is -0.366 e. The number of nitriles is 1. The van der Waals surface area contributed by atoms with Crippen LogP contribution < -0.4 is 9.68 Å². The summed E-state index contributed by atoms with van der Waals surface area (Å²) in [5.41, 5.74) is 1.20. The Bertz CT molecular complexity index is 661. The monoisotopic (exact) mass is 250 g/mol. The lowest BCUT2D eigenvalue weighted by Crippen LogP contribution is -2.32. The number of aromatic nitrogens is 1. The Hall–Kier alpha value is -2.59. The summed E-state index contributed by atoms with van der Waals surface area (Å²) in [5.74, 6) is -0.152. The number of rotatable bonds is 1. The van der Waals surface area contributed by atoms with Gasteiger partial charge in [0.2, 0.25) is 0 Å². The fourth-order valence-corrected chi connectivity index (χ4v) is 1.81. The van der Waals surface area contributed by atoms with Crippen molar-refractivity contribution in [2.24, 2.45) is 0 Å². The zero-order valence-electron chi connectivity index (χ0n) is 8.85. The summed E-state index contributed by atoms with van der Waals surface area (Å²) in [4.78, 5) is 11.5. The molecule has 0 saturated carbocycles. The molecule has 0 bridgehead atoms. The van der Waals surface area contributed by atoms with Crippen molar-refractivity contribution < 1.29 is 23.9 Å². The number of hydrogen-bond donors (Lipinski definition) is 1. The Labute approximate surface area is 99.8 Å². The second-order valence-electron chi connectivity index (χ2n) is 3.62. The highest BCUT2D eigenvalue weighted by molar-refractivity contribution is 5.77. The van der Waals surface area contributed by atoms with Crippen LogP contribution in [0.5, 0.6) is 11.5 Å². The van der Waals surface area contributed by atoms with E-state index in [4.69, 9.17) is 5.26 Å². The Morgan fingerprint density at radius 2 is 2.00 bits per heavy atom. The molecule has 90 valence electrons. The molecule has 2 heterocycles. The summed E-state index contributed by atoms with van der Waals surface area (Å²) in [6.45, 7) is 0. The van der Waals surface area contributed by atoms with E-state index in [1.807, 2.05) is 6.07 Å². The Kier molecular flexibility index (Phi) is 2.02. The molecule has 1 aliphatic rings. The van der Waals surface area contributed by atoms with Gasteiger partial charge in [0.05, 0.1) is 5.56 Å². The van der Waals surface area contributed by atoms with Crippen LogP contribution in [0.4, 0.5) is 8.96 Å². The third kappa shape index (κ3) is 1.48. The summed E-state index contributed by atoms with van der Waals surface area (Å²) in [5, 5.41) is 5.91. The molecule has 5 nitrogen and oxygen atoms in total. The number of fused-ring (bicyclic) bond motifs is 1. The number of halogens is 2. The first-order valence-corrected chi connectivity index (χ1v) is 4.98. The summed E-state index contributed by atoms with van der Waals surface area (Å²) in [7, 11) is 0. The maximum atomic E-state index is 13.0. The molecule has 0 amide bonds. The molecule has 1 N–H and O–H groups in total. The number of aromatic amines is 1. The molecule has 1 aromatic heterocycles. The third-order valence-corrected chi connectivity index (χ3v) is 2.54. The van der Waals surface area contributed by atoms with Crippen LogP contribution in [0.2, 0.25) is 0 Å². The Balaban J connectivity index is 2.17. The van der Waals surface area contributed by atoms with Crippen LogP contribution in [-0.2, 0) is 0 Å². The Morgan fingerprint density at radius 1 is 1.17 bits per heavy atom. The molecule has 0 spiro atoms. The molecule has 0 aliphatic carbocycles. The number of para-hydroxylation sites is 1. The maximum absolute atomic E-state index is 13.0. The highest BCUT2D eigenvalue weighted by Crippen LogP contribution is 2.46. The van der Waals surface area contributed by atoms with E-state index < -0.39 is 5.25 Å². The quantitative estimate of drug-likeness (QED) is 0.791. The summed E-state index contributed by atoms with van der Waals surface area (Å²) in [6, 6.07) is 6.47. The first-order chi connectivity index (χ1) is 8.61. The normalized spacial score (nSPS) is 15.4. The average Bonchev–Trinajstić information content (AvgIpc) is 2.89. The SMILES string of the molecule is N#Cc1c[nH]cc1-c1cccc2c1O[N+](F)(F)O2. The second kappa shape index (κ2) is 3.45. The lowest BCUT2D eigenvalue weighted by molar-refractivity contribution is -1.38. The minimum absolute atomic E-state index is 0.0670. The molecule has 0 unspecified atom stereocenters. The van der Waals surface area contributed by atoms with Crippen molar-refractivity contribution in [1.29, 1.82) is 5.26 Å². The van der Waals surface area contributed by atoms with Gasteiger partial charge in [0.1, 0.15) is 15.0 Å². The average molecular weight is 250 g/mol. The molecule has 3 rings (SSSR count). The van der Waals surface area contributed by atoms with E-state index in [0.717, 1.165) is 0 Å². The smallest absolute Gasteiger partial charge is 0.366 e. The fourth-order valence-electron chi connectivity index (χ4n) is 1.81. The van der Waals surface area contributed by atoms with Gasteiger partial charge < -0.3 is 4.98 Å². The Morgan fingerprint density at radius 3 is 2.78 bits per heavy atom. The van der Waals surface area contributed by atoms with Gasteiger partial charge in [-0.25, -0.2) is 0 Å². The molecule has 18 heavy (non-hydrogen) atoms. The lowest BCUT2D eigenvalue weighted by atomic mass is 10.0. The first-order valence-electron chi connectivity index (χ1n) is 4.98. The van der Waals surface area contributed by atoms with Gasteiger partial charge >= 0.3 is 5.25 Å². The van der Waals surface area contributed by atoms with Crippen LogP contribution in [0.3, 0.4) is 0 Å². The van der Waals surface area contributed by atoms with E-state index in [1.54, 1.807) is 18.3 Å². The van der Waals surface area contributed by atoms with Crippen LogP contribution in [0.1, 0.15) is 5.56 Å². The van der Waals surface area contributed by atoms with Crippen molar-refractivity contribution in [3.8, 4) is 28.7 Å². The van der Waals surface area contributed by atoms with Gasteiger partial charge in [0.25, 0.3) is 11.5 Å². The third-order valence-electron chi connectivity index (χ3n) is 2.54. The van der Waals surface area contributed by atoms with Crippen molar-refractivity contribution >= 4 is 0 Å². The molecular formula is C11H6F2N3O2+. The summed E-state index contributed by atoms with van der Waals surface area (Å²) >= 11 is 0. The van der Waals surface area contributed by atoms with E-state index in [2.05, 4.69) is 14.7 Å². The van der Waals surface area contributed by atoms with Crippen LogP contribution in [-0.4, -0.2) is 10.2 Å². The van der Waals surface area contributed by atoms with E-state index in [1.165, 1.54) is 12.3 Å². The van der Waals surface area contributed by atoms with Gasteiger partial charge in [-0.05, 0) is 12.1 Å². The summed E-state index contributed by atoms with van der Waals surface area (Å²) in [6.07, 6.45) is 3.03. The van der Waals surface area contributed by atoms with Gasteiger partial charge in [0, 0.05) is 23.5 Å². The molecular weight excluding hydrogens is 244 g/mol. The second-order valence-corrected chi connectivity index (χ2v) is 3.62. The maximum Gasteiger partial charge on any atom is 0.433 e. The van der Waals surface area contributed by atoms with Gasteiger partial charge in [-0.3, -0.25) is 0 Å². The van der Waals surface area contributed by atoms with Crippen molar-refractivity contribution in [3.63, 3.8) is 0 Å². The number of quaternary nitrogens is 1. The van der Waals surface area contributed by atoms with Crippen LogP contribution in [0.15, 0.2) is 30.6 Å². The van der Waals surface area contributed by atoms with Crippen LogP contribution in [0, 0.1) is 11.3 Å². The molecule has 0 fully saturated rings. The number of H-pyrrole nitrogens is 1. The topological polar surface area (TPSA) is 58.0 Å². The predicted molar refractivity (Wildman–Crippen MR) is 54.7 cm³/mol. The predicted octanol–water partition coefficient (Wildman–Crippen LogP) is 2.74. The van der Waals surface area contributed by atoms with Gasteiger partial charge in [0.15, 0.2) is 0 Å². The lowest BCUT2D eigenvalue weighted by Gasteiger charge is -2.00. The van der Waals surface area contributed by atoms with Gasteiger partial charge in [-0.2, -0.15) is 14.9 Å². The molecule has 1 aromatic carbocycles. The van der Waals surface area contributed by atoms with Crippen molar-refractivity contribution in [2.45, 2.75) is 0 Å². The zero-order chi connectivity index (χ0) is 12.8. The van der Waals surface area contributed by atoms with Gasteiger partial charge in [-0.1, -0.05) is 6.07 Å².